The average molecular weight is 1720 g/mol. The molecule has 0 bridgehead atoms. The summed E-state index contributed by atoms with van der Waals surface area (Å²) in [5, 5.41) is 2.64. The third kappa shape index (κ3) is 31.1. The van der Waals surface area contributed by atoms with Gasteiger partial charge in [-0.25, -0.2) is 0 Å². The van der Waals surface area contributed by atoms with E-state index in [2.05, 4.69) is 354 Å². The predicted molar refractivity (Wildman–Crippen MR) is 581 cm³/mol. The zero-order valence-electron chi connectivity index (χ0n) is 86.7. The van der Waals surface area contributed by atoms with Gasteiger partial charge in [0.2, 0.25) is 0 Å². The molecule has 0 N–H and O–H groups in total. The summed E-state index contributed by atoms with van der Waals surface area (Å²) < 4.78 is 0. The first kappa shape index (κ1) is 114. The molecule has 0 radical (unpaired) electrons. The van der Waals surface area contributed by atoms with Crippen LogP contribution in [-0.4, -0.2) is 72.0 Å². The summed E-state index contributed by atoms with van der Waals surface area (Å²) >= 11 is 0. The molecule has 0 aliphatic heterocycles. The lowest BCUT2D eigenvalue weighted by molar-refractivity contribution is 0.296. The molecule has 0 atom stereocenters. The van der Waals surface area contributed by atoms with E-state index >= 15 is 0 Å². The van der Waals surface area contributed by atoms with E-state index < -0.39 is 0 Å². The van der Waals surface area contributed by atoms with Crippen LogP contribution in [0.1, 0.15) is 288 Å². The van der Waals surface area contributed by atoms with Gasteiger partial charge in [0.25, 0.3) is 0 Å². The van der Waals surface area contributed by atoms with Gasteiger partial charge in [-0.3, -0.25) is 19.6 Å². The van der Waals surface area contributed by atoms with Crippen LogP contribution in [-0.2, 0) is 51.9 Å². The molecule has 0 spiro atoms. The Hall–Kier alpha value is -10.0. The van der Waals surface area contributed by atoms with Crippen molar-refractivity contribution >= 4 is 10.8 Å². The number of nitrogens with zero attached hydrogens (tertiary/aromatic N) is 4. The molecule has 690 valence electrons. The van der Waals surface area contributed by atoms with Crippen LogP contribution in [0.2, 0.25) is 0 Å². The zero-order chi connectivity index (χ0) is 95.5. The maximum absolute atomic E-state index is 2.48. The van der Waals surface area contributed by atoms with Crippen LogP contribution in [0, 0.1) is 0 Å². The van der Waals surface area contributed by atoms with Crippen molar-refractivity contribution < 1.29 is 0 Å². The van der Waals surface area contributed by atoms with Crippen LogP contribution in [0.3, 0.4) is 0 Å². The van der Waals surface area contributed by atoms with Crippen molar-refractivity contribution in [3.8, 4) is 89.0 Å². The largest absolute Gasteiger partial charge is 0.300 e. The molecule has 0 unspecified atom stereocenters. The molecule has 0 aromatic heterocycles. The summed E-state index contributed by atoms with van der Waals surface area (Å²) in [5.41, 5.74) is 39.0. The van der Waals surface area contributed by atoms with Gasteiger partial charge in [0.05, 0.1) is 0 Å². The Bertz CT molecular complexity index is 5120. The summed E-state index contributed by atoms with van der Waals surface area (Å²) in [5.74, 6) is 0. The molecule has 0 fully saturated rings. The highest BCUT2D eigenvalue weighted by Gasteiger charge is 2.25. The lowest BCUT2D eigenvalue weighted by atomic mass is 9.92. The topological polar surface area (TPSA) is 13.0 Å². The van der Waals surface area contributed by atoms with Crippen LogP contribution >= 0.6 is 0 Å². The molecule has 4 aliphatic rings. The van der Waals surface area contributed by atoms with E-state index in [4.69, 9.17) is 0 Å². The quantitative estimate of drug-likeness (QED) is 0.0956. The second-order valence-corrected chi connectivity index (χ2v) is 28.5. The van der Waals surface area contributed by atoms with Crippen molar-refractivity contribution in [2.75, 3.05) is 52.4 Å². The minimum absolute atomic E-state index is 0.982. The fourth-order valence-corrected chi connectivity index (χ4v) is 16.5. The Morgan fingerprint density at radius 1 is 0.148 bits per heavy atom. The van der Waals surface area contributed by atoms with Crippen LogP contribution in [0.5, 0.6) is 0 Å². The second kappa shape index (κ2) is 66.3. The summed E-state index contributed by atoms with van der Waals surface area (Å²) in [7, 11) is 0. The third-order valence-corrected chi connectivity index (χ3v) is 22.5. The summed E-state index contributed by atoms with van der Waals surface area (Å²) in [6, 6.07) is 104. The van der Waals surface area contributed by atoms with Crippen molar-refractivity contribution in [2.24, 2.45) is 0 Å². The highest BCUT2D eigenvalue weighted by Crippen LogP contribution is 2.46. The van der Waals surface area contributed by atoms with Crippen LogP contribution < -0.4 is 0 Å². The highest BCUT2D eigenvalue weighted by atomic mass is 15.1. The minimum Gasteiger partial charge on any atom is -0.300 e. The molecule has 0 saturated carbocycles. The second-order valence-electron chi connectivity index (χ2n) is 28.5. The van der Waals surface area contributed by atoms with Crippen LogP contribution in [0.15, 0.2) is 279 Å². The molecular formula is C124H174N4. The van der Waals surface area contributed by atoms with E-state index in [1.54, 1.807) is 0 Å². The van der Waals surface area contributed by atoms with E-state index in [9.17, 15) is 0 Å². The van der Waals surface area contributed by atoms with Crippen molar-refractivity contribution in [1.82, 2.24) is 19.6 Å². The summed E-state index contributed by atoms with van der Waals surface area (Å²) in [6.45, 7) is 78.7. The van der Waals surface area contributed by atoms with E-state index in [-0.39, 0.29) is 0 Å². The van der Waals surface area contributed by atoms with Crippen LogP contribution in [0.25, 0.3) is 99.8 Å². The van der Waals surface area contributed by atoms with Gasteiger partial charge in [-0.15, -0.1) is 0 Å². The lowest BCUT2D eigenvalue weighted by Crippen LogP contribution is -2.22. The normalized spacial score (nSPS) is 10.6. The van der Waals surface area contributed by atoms with Crippen molar-refractivity contribution in [3.63, 3.8) is 0 Å². The zero-order valence-corrected chi connectivity index (χ0v) is 86.7. The van der Waals surface area contributed by atoms with E-state index in [0.29, 0.717) is 0 Å². The minimum atomic E-state index is 0.982. The molecule has 0 heterocycles. The maximum atomic E-state index is 2.48. The predicted octanol–water partition coefficient (Wildman–Crippen LogP) is 36.5. The molecule has 13 aromatic rings. The van der Waals surface area contributed by atoms with E-state index in [1.165, 1.54) is 167 Å². The number of benzene rings is 13. The maximum Gasteiger partial charge on any atom is 0.0233 e. The molecule has 4 heteroatoms. The van der Waals surface area contributed by atoms with Crippen molar-refractivity contribution in [2.45, 2.75) is 273 Å². The SMILES string of the molecule is CC.CC.CC.CC.CC.CC.CC.CC.CC.CC.CC.CC.CCN(CC)Cc1ccc2c(c1)-c1ccccc1-c1ccccc1C2.CCN(CC)Cc1ccc2c(c1)-c1ccccc1Cc1ccccc1-2.CCN(CC)Cc1ccc2c(c1)Cc1cc3ccccc3cc1-c1ccccc1-2.CCN(CC)Cc1ccc2c(c1)Cc1ccccc1-c1ccccc1-2. The molecule has 17 rings (SSSR count). The Morgan fingerprint density at radius 3 is 0.633 bits per heavy atom. The van der Waals surface area contributed by atoms with Crippen molar-refractivity contribution in [3.05, 3.63) is 346 Å². The molecule has 4 nitrogen and oxygen atoms in total. The average Bonchev–Trinajstić information content (AvgIpc) is 1.64. The van der Waals surface area contributed by atoms with Gasteiger partial charge in [0, 0.05) is 26.2 Å². The van der Waals surface area contributed by atoms with Gasteiger partial charge >= 0.3 is 0 Å². The fraction of sp³-hybridized carbons (Fsp3) is 0.387. The number of rotatable bonds is 16. The third-order valence-electron chi connectivity index (χ3n) is 22.5. The molecule has 0 saturated heterocycles. The highest BCUT2D eigenvalue weighted by molar-refractivity contribution is 5.96. The first-order chi connectivity index (χ1) is 63.2. The molecular weight excluding hydrogens is 1550 g/mol. The van der Waals surface area contributed by atoms with Gasteiger partial charge in [-0.05, 0) is 263 Å². The smallest absolute Gasteiger partial charge is 0.0233 e. The van der Waals surface area contributed by atoms with Gasteiger partial charge in [-0.2, -0.15) is 0 Å². The number of fused-ring (bicyclic) bond motifs is 21. The Kier molecular flexibility index (Phi) is 59.1. The van der Waals surface area contributed by atoms with Crippen LogP contribution in [0.4, 0.5) is 0 Å². The van der Waals surface area contributed by atoms with Crippen molar-refractivity contribution in [1.29, 1.82) is 0 Å². The summed E-state index contributed by atoms with van der Waals surface area (Å²) in [4.78, 5) is 9.89. The van der Waals surface area contributed by atoms with E-state index in [1.807, 2.05) is 166 Å². The van der Waals surface area contributed by atoms with E-state index in [0.717, 1.165) is 104 Å². The fourth-order valence-electron chi connectivity index (χ4n) is 16.5. The van der Waals surface area contributed by atoms with Gasteiger partial charge in [0.15, 0.2) is 0 Å². The number of hydrogen-bond donors (Lipinski definition) is 0. The Labute approximate surface area is 785 Å². The van der Waals surface area contributed by atoms with Gasteiger partial charge < -0.3 is 0 Å². The first-order valence-corrected chi connectivity index (χ1v) is 50.7. The first-order valence-electron chi connectivity index (χ1n) is 50.7. The molecule has 128 heavy (non-hydrogen) atoms. The van der Waals surface area contributed by atoms with Gasteiger partial charge in [-0.1, -0.05) is 482 Å². The standard InChI is InChI=1S/C28H27N.3C24H25N.12C2H6/c1-3-29(4-2)19-20-13-14-25-23(15-20)17-24-16-21-9-5-6-10-22(21)18-28(24)27-12-8-7-11-26(25)27;1-3-25(4-2)17-18-13-14-23-21-11-7-5-9-19(21)16-20-10-6-8-12-22(20)24(23)15-18;1-3-25(4-2)17-18-13-14-22-20(15-18)16-19-9-5-6-10-21(19)23-11-7-8-12-24(22)23;1-3-25(4-2)17-18-13-14-20-16-19-9-5-6-10-21(19)22-11-7-8-12-23(22)24(20)15-18;12*1-2/h5-16,18H,3-4,17,19H2,1-2H3;3*5-15H,3-4,16-17H2,1-2H3;12*1-2H3. The Morgan fingerprint density at radius 2 is 0.328 bits per heavy atom. The van der Waals surface area contributed by atoms with Gasteiger partial charge in [0.1, 0.15) is 0 Å². The summed E-state index contributed by atoms with van der Waals surface area (Å²) in [6.07, 6.45) is 4.00. The molecule has 4 aliphatic carbocycles. The Balaban J connectivity index is 0.000000535. The molecule has 0 amide bonds. The molecule has 13 aromatic carbocycles. The monoisotopic (exact) mass is 1720 g/mol. The number of hydrogen-bond acceptors (Lipinski definition) is 4. The lowest BCUT2D eigenvalue weighted by Gasteiger charge is -2.19.